The van der Waals surface area contributed by atoms with Gasteiger partial charge in [-0.1, -0.05) is 48.4 Å². The van der Waals surface area contributed by atoms with E-state index < -0.39 is 16.1 Å². The Kier molecular flexibility index (Phi) is 8.20. The second-order valence-electron chi connectivity index (χ2n) is 8.49. The summed E-state index contributed by atoms with van der Waals surface area (Å²) in [5.41, 5.74) is 3.37. The molecule has 0 radical (unpaired) electrons. The molecule has 1 amide bonds. The van der Waals surface area contributed by atoms with Gasteiger partial charge in [0.2, 0.25) is 15.9 Å². The summed E-state index contributed by atoms with van der Waals surface area (Å²) in [6.45, 7) is 6.79. The van der Waals surface area contributed by atoms with Crippen molar-refractivity contribution in [3.63, 3.8) is 0 Å². The fraction of sp³-hybridized carbons (Fsp3) is 0.458. The Morgan fingerprint density at radius 1 is 1.12 bits per heavy atom. The molecule has 1 fully saturated rings. The van der Waals surface area contributed by atoms with Gasteiger partial charge in [-0.2, -0.15) is 0 Å². The van der Waals surface area contributed by atoms with Crippen molar-refractivity contribution in [2.24, 2.45) is 0 Å². The monoisotopic (exact) mass is 477 g/mol. The number of carbonyl (C=O) groups excluding carboxylic acids is 1. The second kappa shape index (κ2) is 10.7. The first-order valence-electron chi connectivity index (χ1n) is 11.0. The molecular weight excluding hydrogens is 446 g/mol. The molecule has 2 aromatic carbocycles. The predicted octanol–water partition coefficient (Wildman–Crippen LogP) is 4.11. The van der Waals surface area contributed by atoms with Crippen LogP contribution in [0.3, 0.4) is 0 Å². The van der Waals surface area contributed by atoms with Gasteiger partial charge in [-0.05, 0) is 68.6 Å². The molecule has 0 saturated carbocycles. The van der Waals surface area contributed by atoms with Crippen molar-refractivity contribution >= 4 is 33.2 Å². The molecule has 1 aliphatic heterocycles. The summed E-state index contributed by atoms with van der Waals surface area (Å²) in [4.78, 5) is 15.5. The van der Waals surface area contributed by atoms with Gasteiger partial charge >= 0.3 is 0 Å². The van der Waals surface area contributed by atoms with Crippen molar-refractivity contribution in [2.45, 2.75) is 52.2 Å². The molecule has 174 valence electrons. The number of benzene rings is 2. The number of nitrogens with one attached hydrogen (secondary N) is 1. The molecule has 1 atom stereocenters. The Morgan fingerprint density at radius 2 is 1.78 bits per heavy atom. The highest BCUT2D eigenvalue weighted by Gasteiger charge is 2.30. The summed E-state index contributed by atoms with van der Waals surface area (Å²) in [7, 11) is -3.70. The molecule has 0 bridgehead atoms. The van der Waals surface area contributed by atoms with Gasteiger partial charge in [0.1, 0.15) is 6.04 Å². The van der Waals surface area contributed by atoms with Crippen LogP contribution in [-0.2, 0) is 27.9 Å². The van der Waals surface area contributed by atoms with Crippen LogP contribution >= 0.6 is 11.6 Å². The van der Waals surface area contributed by atoms with E-state index in [9.17, 15) is 13.2 Å². The average Bonchev–Trinajstić information content (AvgIpc) is 2.75. The summed E-state index contributed by atoms with van der Waals surface area (Å²) in [5, 5.41) is 3.35. The van der Waals surface area contributed by atoms with Gasteiger partial charge < -0.3 is 5.32 Å². The summed E-state index contributed by atoms with van der Waals surface area (Å²) < 4.78 is 26.3. The van der Waals surface area contributed by atoms with Crippen LogP contribution in [0.25, 0.3) is 0 Å². The predicted molar refractivity (Wildman–Crippen MR) is 130 cm³/mol. The van der Waals surface area contributed by atoms with Crippen molar-refractivity contribution < 1.29 is 13.2 Å². The fourth-order valence-corrected chi connectivity index (χ4v) is 5.56. The maximum Gasteiger partial charge on any atom is 0.243 e. The molecule has 1 heterocycles. The highest BCUT2D eigenvalue weighted by molar-refractivity contribution is 7.92. The molecule has 32 heavy (non-hydrogen) atoms. The molecule has 1 saturated heterocycles. The topological polar surface area (TPSA) is 69.7 Å². The molecule has 3 rings (SSSR count). The number of rotatable bonds is 8. The number of halogens is 1. The van der Waals surface area contributed by atoms with Crippen LogP contribution in [0.1, 0.15) is 42.9 Å². The van der Waals surface area contributed by atoms with Crippen molar-refractivity contribution in [3.8, 4) is 0 Å². The van der Waals surface area contributed by atoms with Crippen molar-refractivity contribution in [1.82, 2.24) is 10.2 Å². The molecule has 6 nitrogen and oxygen atoms in total. The van der Waals surface area contributed by atoms with E-state index in [1.165, 1.54) is 24.8 Å². The Bertz CT molecular complexity index is 1050. The van der Waals surface area contributed by atoms with Gasteiger partial charge in [-0.3, -0.25) is 14.0 Å². The number of hydrogen-bond donors (Lipinski definition) is 1. The van der Waals surface area contributed by atoms with E-state index in [-0.39, 0.29) is 5.91 Å². The van der Waals surface area contributed by atoms with Crippen LogP contribution in [0.15, 0.2) is 42.5 Å². The molecule has 0 unspecified atom stereocenters. The zero-order chi connectivity index (χ0) is 23.3. The number of carbonyl (C=O) groups is 1. The number of amides is 1. The molecule has 0 aromatic heterocycles. The van der Waals surface area contributed by atoms with E-state index in [4.69, 9.17) is 11.6 Å². The van der Waals surface area contributed by atoms with Crippen molar-refractivity contribution in [1.29, 1.82) is 0 Å². The van der Waals surface area contributed by atoms with Crippen molar-refractivity contribution in [2.75, 3.05) is 23.7 Å². The van der Waals surface area contributed by atoms with Crippen molar-refractivity contribution in [3.05, 3.63) is 64.2 Å². The van der Waals surface area contributed by atoms with Gasteiger partial charge in [-0.25, -0.2) is 8.42 Å². The number of nitrogens with zero attached hydrogens (tertiary/aromatic N) is 2. The van der Waals surface area contributed by atoms with Gasteiger partial charge in [0.15, 0.2) is 0 Å². The van der Waals surface area contributed by atoms with E-state index in [1.54, 1.807) is 32.0 Å². The zero-order valence-electron chi connectivity index (χ0n) is 19.0. The van der Waals surface area contributed by atoms with Crippen LogP contribution in [0.4, 0.5) is 5.69 Å². The largest absolute Gasteiger partial charge is 0.350 e. The lowest BCUT2D eigenvalue weighted by atomic mass is 10.0. The van der Waals surface area contributed by atoms with E-state index in [2.05, 4.69) is 16.3 Å². The van der Waals surface area contributed by atoms with Gasteiger partial charge in [-0.15, -0.1) is 0 Å². The molecule has 8 heteroatoms. The molecular formula is C24H32ClN3O3S. The Morgan fingerprint density at radius 3 is 2.44 bits per heavy atom. The zero-order valence-corrected chi connectivity index (χ0v) is 20.5. The van der Waals surface area contributed by atoms with E-state index >= 15 is 0 Å². The molecule has 2 aromatic rings. The Labute approximate surface area is 196 Å². The van der Waals surface area contributed by atoms with Gasteiger partial charge in [0.25, 0.3) is 0 Å². The second-order valence-corrected chi connectivity index (χ2v) is 10.8. The quantitative estimate of drug-likeness (QED) is 0.621. The SMILES string of the molecule is Cc1ccc(Cl)cc1N([C@@H](C)C(=O)NCc1ccccc1CN1CCCCC1)S(C)(=O)=O. The number of anilines is 1. The minimum absolute atomic E-state index is 0.347. The van der Waals surface area contributed by atoms with Crippen LogP contribution in [0.5, 0.6) is 0 Å². The minimum atomic E-state index is -3.70. The van der Waals surface area contributed by atoms with E-state index in [1.807, 2.05) is 18.2 Å². The number of sulfonamides is 1. The maximum absolute atomic E-state index is 13.0. The van der Waals surface area contributed by atoms with Gasteiger partial charge in [0, 0.05) is 18.1 Å². The lowest BCUT2D eigenvalue weighted by Gasteiger charge is -2.30. The summed E-state index contributed by atoms with van der Waals surface area (Å²) in [6.07, 6.45) is 4.83. The summed E-state index contributed by atoms with van der Waals surface area (Å²) in [5.74, 6) is -0.359. The van der Waals surface area contributed by atoms with Crippen LogP contribution < -0.4 is 9.62 Å². The average molecular weight is 478 g/mol. The first-order valence-corrected chi connectivity index (χ1v) is 13.2. The first-order chi connectivity index (χ1) is 15.2. The molecule has 0 spiro atoms. The summed E-state index contributed by atoms with van der Waals surface area (Å²) >= 11 is 6.11. The molecule has 0 aliphatic carbocycles. The molecule has 1 N–H and O–H groups in total. The Balaban J connectivity index is 1.74. The third kappa shape index (κ3) is 6.24. The van der Waals surface area contributed by atoms with Crippen LogP contribution in [0, 0.1) is 6.92 Å². The number of aryl methyl sites for hydroxylation is 1. The van der Waals surface area contributed by atoms with Crippen LogP contribution in [-0.4, -0.2) is 44.6 Å². The minimum Gasteiger partial charge on any atom is -0.350 e. The van der Waals surface area contributed by atoms with Crippen LogP contribution in [0.2, 0.25) is 5.02 Å². The third-order valence-corrected chi connectivity index (χ3v) is 7.37. The number of likely N-dealkylation sites (tertiary alicyclic amines) is 1. The fourth-order valence-electron chi connectivity index (χ4n) is 4.17. The molecule has 1 aliphatic rings. The van der Waals surface area contributed by atoms with E-state index in [0.717, 1.165) is 41.3 Å². The number of piperidine rings is 1. The summed E-state index contributed by atoms with van der Waals surface area (Å²) in [6, 6.07) is 12.2. The highest BCUT2D eigenvalue weighted by Crippen LogP contribution is 2.28. The Hall–Kier alpha value is -2.09. The highest BCUT2D eigenvalue weighted by atomic mass is 35.5. The number of hydrogen-bond acceptors (Lipinski definition) is 4. The first kappa shape index (κ1) is 24.6. The smallest absolute Gasteiger partial charge is 0.243 e. The standard InChI is InChI=1S/C24H32ClN3O3S/c1-18-11-12-22(25)15-23(18)28(32(3,30)31)19(2)24(29)26-16-20-9-5-6-10-21(20)17-27-13-7-4-8-14-27/h5-6,9-12,15,19H,4,7-8,13-14,16-17H2,1-3H3,(H,26,29)/t19-/m0/s1. The third-order valence-electron chi connectivity index (χ3n) is 5.91. The normalized spacial score (nSPS) is 15.9. The lowest BCUT2D eigenvalue weighted by molar-refractivity contribution is -0.122. The van der Waals surface area contributed by atoms with Gasteiger partial charge in [0.05, 0.1) is 11.9 Å². The van der Waals surface area contributed by atoms with E-state index in [0.29, 0.717) is 17.3 Å². The lowest BCUT2D eigenvalue weighted by Crippen LogP contribution is -2.48. The maximum atomic E-state index is 13.0.